The average Bonchev–Trinajstić information content (AvgIpc) is 3.38. The van der Waals surface area contributed by atoms with Crippen LogP contribution in [0.4, 0.5) is 4.32 Å². The summed E-state index contributed by atoms with van der Waals surface area (Å²) in [6.45, 7) is 9.89. The van der Waals surface area contributed by atoms with Crippen LogP contribution in [0.2, 0.25) is 0 Å². The predicted molar refractivity (Wildman–Crippen MR) is 154 cm³/mol. The zero-order valence-corrected chi connectivity index (χ0v) is 25.2. The molecule has 2 heterocycles. The second-order valence-corrected chi connectivity index (χ2v) is 11.1. The molecule has 2 aromatic heterocycles. The summed E-state index contributed by atoms with van der Waals surface area (Å²) in [7, 11) is 0.209. The molecule has 12 heteroatoms. The van der Waals surface area contributed by atoms with Crippen molar-refractivity contribution in [3.63, 3.8) is 0 Å². The first-order chi connectivity index (χ1) is 18.0. The number of nitrogens with zero attached hydrogens (tertiary/aromatic N) is 2. The molecule has 2 aromatic carbocycles. The molecule has 38 heavy (non-hydrogen) atoms. The van der Waals surface area contributed by atoms with Crippen molar-refractivity contribution in [2.24, 2.45) is 0 Å². The third-order valence-corrected chi connectivity index (χ3v) is 7.60. The molecule has 0 bridgehead atoms. The fourth-order valence-electron chi connectivity index (χ4n) is 3.62. The van der Waals surface area contributed by atoms with Gasteiger partial charge in [0.05, 0.1) is 26.4 Å². The number of halogens is 3. The second kappa shape index (κ2) is 15.4. The number of aromatic nitrogens is 2. The Morgan fingerprint density at radius 3 is 1.45 bits per heavy atom. The van der Waals surface area contributed by atoms with Gasteiger partial charge < -0.3 is 23.8 Å². The lowest BCUT2D eigenvalue weighted by atomic mass is 10.3. The Kier molecular flexibility index (Phi) is 13.0. The molecule has 0 N–H and O–H groups in total. The first-order valence-electron chi connectivity index (χ1n) is 11.7. The summed E-state index contributed by atoms with van der Waals surface area (Å²) in [5.74, 6) is 1.77. The lowest BCUT2D eigenvalue weighted by Gasteiger charge is -2.09. The van der Waals surface area contributed by atoms with Crippen molar-refractivity contribution >= 4 is 85.9 Å². The second-order valence-electron chi connectivity index (χ2n) is 7.77. The van der Waals surface area contributed by atoms with Gasteiger partial charge in [-0.2, -0.15) is 9.13 Å². The minimum atomic E-state index is -3.17. The van der Waals surface area contributed by atoms with Crippen LogP contribution in [-0.4, -0.2) is 21.6 Å². The number of fused-ring (bicyclic) bond motifs is 2. The summed E-state index contributed by atoms with van der Waals surface area (Å²) in [5.41, 5.74) is 2.39. The van der Waals surface area contributed by atoms with E-state index in [9.17, 15) is 4.32 Å². The molecule has 0 fully saturated rings. The smallest absolute Gasteiger partial charge is 0.263 e. The highest BCUT2D eigenvalue weighted by Gasteiger charge is 2.19. The highest BCUT2D eigenvalue weighted by molar-refractivity contribution is 7.19. The molecule has 0 aliphatic rings. The number of hydrogen-bond acceptors (Lipinski definition) is 6. The Morgan fingerprint density at radius 1 is 0.842 bits per heavy atom. The highest BCUT2D eigenvalue weighted by Crippen LogP contribution is 2.27. The fraction of sp³-hybridized carbons (Fsp3) is 0.308. The predicted octanol–water partition coefficient (Wildman–Crippen LogP) is 5.30. The van der Waals surface area contributed by atoms with E-state index in [1.54, 1.807) is 36.9 Å². The van der Waals surface area contributed by atoms with Gasteiger partial charge in [0.15, 0.2) is 0 Å². The summed E-state index contributed by atoms with van der Waals surface area (Å²) in [6, 6.07) is 12.3. The molecule has 0 aliphatic carbocycles. The van der Waals surface area contributed by atoms with Crippen LogP contribution in [0.1, 0.15) is 37.7 Å². The summed E-state index contributed by atoms with van der Waals surface area (Å²) in [6.07, 6.45) is 4.00. The van der Waals surface area contributed by atoms with Gasteiger partial charge >= 0.3 is 0 Å². The van der Waals surface area contributed by atoms with Crippen molar-refractivity contribution in [2.45, 2.75) is 40.8 Å². The fourth-order valence-corrected chi connectivity index (χ4v) is 6.38. The third-order valence-electron chi connectivity index (χ3n) is 5.15. The van der Waals surface area contributed by atoms with Gasteiger partial charge in [-0.1, -0.05) is 45.9 Å². The number of methoxy groups -OCH3 is 2. The Bertz CT molecular complexity index is 1310. The maximum Gasteiger partial charge on any atom is 0.263 e. The number of thiazole rings is 2. The number of hydrogen-bond donors (Lipinski definition) is 0. The maximum absolute atomic E-state index is 9.89. The van der Waals surface area contributed by atoms with Gasteiger partial charge in [0.2, 0.25) is 11.0 Å². The van der Waals surface area contributed by atoms with Crippen LogP contribution in [0.25, 0.3) is 32.6 Å². The largest absolute Gasteiger partial charge is 0.867 e. The Hall–Kier alpha value is -2.21. The molecule has 0 atom stereocenters. The molecule has 0 aliphatic heterocycles. The van der Waals surface area contributed by atoms with E-state index in [1.807, 2.05) is 38.1 Å². The molecule has 0 spiro atoms. The molecule has 6 nitrogen and oxygen atoms in total. The molecular formula is C26H30BCl2FN2O4S2. The van der Waals surface area contributed by atoms with Crippen LogP contribution in [0.15, 0.2) is 46.5 Å². The van der Waals surface area contributed by atoms with Crippen molar-refractivity contribution in [2.75, 3.05) is 14.2 Å². The quantitative estimate of drug-likeness (QED) is 0.223. The average molecular weight is 599 g/mol. The molecule has 4 rings (SSSR count). The minimum Gasteiger partial charge on any atom is -0.867 e. The van der Waals surface area contributed by atoms with E-state index in [4.69, 9.17) is 42.7 Å². The van der Waals surface area contributed by atoms with E-state index in [0.29, 0.717) is 0 Å². The summed E-state index contributed by atoms with van der Waals surface area (Å²) in [5, 5.41) is 20.5. The normalized spacial score (nSPS) is 11.6. The molecule has 204 valence electrons. The summed E-state index contributed by atoms with van der Waals surface area (Å²) >= 11 is 15.4. The van der Waals surface area contributed by atoms with Gasteiger partial charge in [-0.25, -0.2) is 0 Å². The van der Waals surface area contributed by atoms with Crippen molar-refractivity contribution in [3.05, 3.63) is 56.5 Å². The van der Waals surface area contributed by atoms with Crippen molar-refractivity contribution in [1.29, 1.82) is 0 Å². The van der Waals surface area contributed by atoms with Crippen molar-refractivity contribution in [1.82, 2.24) is 0 Å². The van der Waals surface area contributed by atoms with Gasteiger partial charge in [-0.3, -0.25) is 0 Å². The van der Waals surface area contributed by atoms with Crippen molar-refractivity contribution < 1.29 is 33.0 Å². The molecule has 0 saturated heterocycles. The van der Waals surface area contributed by atoms with Gasteiger partial charge in [0.1, 0.15) is 41.4 Å². The number of allylic oxidation sites excluding steroid dienone is 2. The molecule has 0 saturated carbocycles. The van der Waals surface area contributed by atoms with Gasteiger partial charge in [-0.15, -0.1) is 0 Å². The standard InChI is InChI=1S/2C13H15ClNOS.BFO2/c2*1-4-15-11-8-10(16-3)5-6-12(11)17-13(15)7-9(2)14;2-1(3)4/h2*5-8H,4H2,1-3H3;/q2*+1;-2. The lowest BCUT2D eigenvalue weighted by Crippen LogP contribution is -2.39. The van der Waals surface area contributed by atoms with Gasteiger partial charge in [0.25, 0.3) is 10.0 Å². The van der Waals surface area contributed by atoms with Crippen LogP contribution < -0.4 is 28.7 Å². The lowest BCUT2D eigenvalue weighted by molar-refractivity contribution is -0.665. The topological polar surface area (TPSA) is 72.3 Å². The Labute approximate surface area is 241 Å². The zero-order chi connectivity index (χ0) is 28.4. The van der Waals surface area contributed by atoms with Crippen LogP contribution >= 0.6 is 45.9 Å². The molecule has 4 aromatic rings. The number of aryl methyl sites for hydroxylation is 2. The monoisotopic (exact) mass is 598 g/mol. The summed E-state index contributed by atoms with van der Waals surface area (Å²) < 4.78 is 27.4. The van der Waals surface area contributed by atoms with Crippen molar-refractivity contribution in [3.8, 4) is 11.5 Å². The van der Waals surface area contributed by atoms with Crippen LogP contribution in [0.3, 0.4) is 0 Å². The SMILES string of the molecule is CC[n+]1c(C=C(C)Cl)sc2ccc(OC)cc21.CC[n+]1c(C=C(C)Cl)sc2ccc(OC)cc21.[O-]B([O-])F. The number of rotatable bonds is 6. The third kappa shape index (κ3) is 8.93. The maximum atomic E-state index is 9.89. The number of benzene rings is 2. The van der Waals surface area contributed by atoms with E-state index in [1.165, 1.54) is 30.4 Å². The van der Waals surface area contributed by atoms with Gasteiger partial charge in [-0.05, 0) is 52.0 Å². The van der Waals surface area contributed by atoms with Gasteiger partial charge in [0, 0.05) is 22.2 Å². The number of ether oxygens (including phenoxy) is 2. The first kappa shape index (κ1) is 32.0. The highest BCUT2D eigenvalue weighted by atomic mass is 35.5. The van der Waals surface area contributed by atoms with Crippen LogP contribution in [0.5, 0.6) is 11.5 Å². The van der Waals surface area contributed by atoms with Crippen LogP contribution in [0, 0.1) is 0 Å². The first-order valence-corrected chi connectivity index (χ1v) is 14.1. The van der Waals surface area contributed by atoms with E-state index in [-0.39, 0.29) is 0 Å². The van der Waals surface area contributed by atoms with E-state index in [2.05, 4.69) is 47.2 Å². The zero-order valence-electron chi connectivity index (χ0n) is 22.1. The molecule has 0 amide bonds. The molecular weight excluding hydrogens is 569 g/mol. The molecule has 0 radical (unpaired) electrons. The van der Waals surface area contributed by atoms with Crippen LogP contribution in [-0.2, 0) is 13.1 Å². The van der Waals surface area contributed by atoms with E-state index >= 15 is 0 Å². The van der Waals surface area contributed by atoms with E-state index < -0.39 is 7.40 Å². The molecule has 0 unspecified atom stereocenters. The Balaban J connectivity index is 0.000000234. The van der Waals surface area contributed by atoms with E-state index in [0.717, 1.165) is 34.7 Å². The Morgan fingerprint density at radius 2 is 1.18 bits per heavy atom. The summed E-state index contributed by atoms with van der Waals surface area (Å²) in [4.78, 5) is 0. The minimum absolute atomic E-state index is 0.797.